The second kappa shape index (κ2) is 10.4. The minimum absolute atomic E-state index is 0.139. The molecule has 1 amide bonds. The fraction of sp³-hybridized carbons (Fsp3) is 0.192. The van der Waals surface area contributed by atoms with E-state index in [1.807, 2.05) is 74.5 Å². The summed E-state index contributed by atoms with van der Waals surface area (Å²) < 4.78 is 10.6. The van der Waals surface area contributed by atoms with Gasteiger partial charge in [-0.15, -0.1) is 0 Å². The lowest BCUT2D eigenvalue weighted by molar-refractivity contribution is -0.115. The molecular weight excluding hydrogens is 448 g/mol. The smallest absolute Gasteiger partial charge is 0.238 e. The van der Waals surface area contributed by atoms with Gasteiger partial charge in [-0.05, 0) is 74.0 Å². The van der Waals surface area contributed by atoms with Gasteiger partial charge in [0, 0.05) is 17.3 Å². The number of nitrogens with one attached hydrogen (secondary N) is 2. The number of methoxy groups -OCH3 is 2. The summed E-state index contributed by atoms with van der Waals surface area (Å²) in [5.41, 5.74) is 4.48. The van der Waals surface area contributed by atoms with E-state index in [0.717, 1.165) is 39.6 Å². The third-order valence-corrected chi connectivity index (χ3v) is 6.32. The molecule has 2 N–H and O–H groups in total. The zero-order valence-corrected chi connectivity index (χ0v) is 20.3. The van der Waals surface area contributed by atoms with Crippen LogP contribution < -0.4 is 14.8 Å². The molecule has 0 bridgehead atoms. The van der Waals surface area contributed by atoms with Crippen LogP contribution in [0.15, 0.2) is 72.0 Å². The number of H-pyrrole nitrogens is 1. The summed E-state index contributed by atoms with van der Waals surface area (Å²) in [6, 6.07) is 19.3. The molecule has 1 atom stereocenters. The van der Waals surface area contributed by atoms with E-state index < -0.39 is 0 Å². The highest BCUT2D eigenvalue weighted by atomic mass is 32.2. The molecule has 1 unspecified atom stereocenters. The Morgan fingerprint density at radius 3 is 2.18 bits per heavy atom. The van der Waals surface area contributed by atoms with Crippen molar-refractivity contribution in [1.82, 2.24) is 15.0 Å². The summed E-state index contributed by atoms with van der Waals surface area (Å²) in [5, 5.41) is 3.16. The van der Waals surface area contributed by atoms with Gasteiger partial charge < -0.3 is 19.8 Å². The number of ether oxygens (including phenoxy) is 2. The maximum atomic E-state index is 12.8. The number of hydrogen-bond acceptors (Lipinski definition) is 6. The molecule has 34 heavy (non-hydrogen) atoms. The molecular formula is C26H26N4O3S. The number of amides is 1. The van der Waals surface area contributed by atoms with Gasteiger partial charge in [-0.1, -0.05) is 17.8 Å². The predicted octanol–water partition coefficient (Wildman–Crippen LogP) is 5.58. The van der Waals surface area contributed by atoms with Gasteiger partial charge in [0.15, 0.2) is 5.16 Å². The molecule has 0 fully saturated rings. The first kappa shape index (κ1) is 23.4. The summed E-state index contributed by atoms with van der Waals surface area (Å²) in [6.07, 6.45) is 1.66. The van der Waals surface area contributed by atoms with E-state index in [4.69, 9.17) is 14.5 Å². The molecule has 2 aromatic carbocycles. The Bertz CT molecular complexity index is 1210. The Kier molecular flexibility index (Phi) is 7.18. The zero-order chi connectivity index (χ0) is 24.1. The van der Waals surface area contributed by atoms with Gasteiger partial charge in [0.05, 0.1) is 30.9 Å². The van der Waals surface area contributed by atoms with Crippen molar-refractivity contribution < 1.29 is 14.3 Å². The number of benzene rings is 2. The fourth-order valence-corrected chi connectivity index (χ4v) is 4.19. The summed E-state index contributed by atoms with van der Waals surface area (Å²) >= 11 is 1.36. The van der Waals surface area contributed by atoms with Crippen LogP contribution in [0.1, 0.15) is 12.5 Å². The second-order valence-electron chi connectivity index (χ2n) is 7.64. The molecule has 0 radical (unpaired) electrons. The highest BCUT2D eigenvalue weighted by Crippen LogP contribution is 2.35. The lowest BCUT2D eigenvalue weighted by atomic mass is 10.0. The van der Waals surface area contributed by atoms with Gasteiger partial charge in [0.1, 0.15) is 17.3 Å². The average molecular weight is 475 g/mol. The van der Waals surface area contributed by atoms with Gasteiger partial charge in [0.25, 0.3) is 0 Å². The van der Waals surface area contributed by atoms with Crippen molar-refractivity contribution in [1.29, 1.82) is 0 Å². The third-order valence-electron chi connectivity index (χ3n) is 5.33. The average Bonchev–Trinajstić information content (AvgIpc) is 3.29. The zero-order valence-electron chi connectivity index (χ0n) is 19.5. The molecule has 0 spiro atoms. The predicted molar refractivity (Wildman–Crippen MR) is 135 cm³/mol. The number of aromatic nitrogens is 3. The molecule has 2 heterocycles. The van der Waals surface area contributed by atoms with Crippen molar-refractivity contribution in [3.05, 3.63) is 72.4 Å². The van der Waals surface area contributed by atoms with E-state index >= 15 is 0 Å². The standard InChI is InChI=1S/C26H26N4O3S/c1-16-6-5-15-27-24(16)30-25(31)17(2)34-26-28-22(18-7-11-20(32-3)12-8-18)23(29-26)19-9-13-21(33-4)14-10-19/h5-15,17H,1-4H3,(H,28,29)(H,27,30,31). The highest BCUT2D eigenvalue weighted by molar-refractivity contribution is 8.00. The number of carbonyl (C=O) groups excluding carboxylic acids is 1. The van der Waals surface area contributed by atoms with Crippen LogP contribution in [0.3, 0.4) is 0 Å². The largest absolute Gasteiger partial charge is 0.497 e. The second-order valence-corrected chi connectivity index (χ2v) is 8.97. The molecule has 7 nitrogen and oxygen atoms in total. The van der Waals surface area contributed by atoms with Crippen LogP contribution in [0.25, 0.3) is 22.5 Å². The number of nitrogens with zero attached hydrogens (tertiary/aromatic N) is 2. The van der Waals surface area contributed by atoms with Crippen molar-refractivity contribution in [3.8, 4) is 34.0 Å². The van der Waals surface area contributed by atoms with E-state index in [0.29, 0.717) is 11.0 Å². The molecule has 0 aliphatic heterocycles. The lowest BCUT2D eigenvalue weighted by Gasteiger charge is -2.11. The van der Waals surface area contributed by atoms with Crippen molar-refractivity contribution >= 4 is 23.5 Å². The van der Waals surface area contributed by atoms with Crippen LogP contribution in [-0.4, -0.2) is 40.3 Å². The van der Waals surface area contributed by atoms with Crippen molar-refractivity contribution in [2.24, 2.45) is 0 Å². The number of carbonyl (C=O) groups is 1. The molecule has 8 heteroatoms. The Morgan fingerprint density at radius 1 is 0.971 bits per heavy atom. The molecule has 0 saturated carbocycles. The normalized spacial score (nSPS) is 11.6. The number of aromatic amines is 1. The van der Waals surface area contributed by atoms with Crippen molar-refractivity contribution in [3.63, 3.8) is 0 Å². The maximum Gasteiger partial charge on any atom is 0.238 e. The highest BCUT2D eigenvalue weighted by Gasteiger charge is 2.21. The quantitative estimate of drug-likeness (QED) is 0.324. The van der Waals surface area contributed by atoms with Gasteiger partial charge in [-0.3, -0.25) is 4.79 Å². The van der Waals surface area contributed by atoms with Crippen molar-refractivity contribution in [2.75, 3.05) is 19.5 Å². The maximum absolute atomic E-state index is 12.8. The number of pyridine rings is 1. The van der Waals surface area contributed by atoms with Crippen LogP contribution in [0.2, 0.25) is 0 Å². The number of imidazole rings is 1. The molecule has 4 aromatic rings. The first-order valence-electron chi connectivity index (χ1n) is 10.8. The summed E-state index contributed by atoms with van der Waals surface area (Å²) in [7, 11) is 3.28. The van der Waals surface area contributed by atoms with E-state index in [1.54, 1.807) is 20.4 Å². The van der Waals surface area contributed by atoms with Gasteiger partial charge in [-0.2, -0.15) is 0 Å². The molecule has 0 aliphatic carbocycles. The van der Waals surface area contributed by atoms with Gasteiger partial charge >= 0.3 is 0 Å². The molecule has 0 saturated heterocycles. The summed E-state index contributed by atoms with van der Waals surface area (Å²) in [4.78, 5) is 25.3. The van der Waals surface area contributed by atoms with Crippen LogP contribution in [0, 0.1) is 6.92 Å². The van der Waals surface area contributed by atoms with E-state index in [1.165, 1.54) is 11.8 Å². The monoisotopic (exact) mass is 474 g/mol. The lowest BCUT2D eigenvalue weighted by Crippen LogP contribution is -2.23. The third kappa shape index (κ3) is 5.23. The van der Waals surface area contributed by atoms with Crippen LogP contribution in [-0.2, 0) is 4.79 Å². The van der Waals surface area contributed by atoms with Crippen LogP contribution in [0.4, 0.5) is 5.82 Å². The molecule has 2 aromatic heterocycles. The minimum Gasteiger partial charge on any atom is -0.497 e. The Morgan fingerprint density at radius 2 is 1.59 bits per heavy atom. The first-order chi connectivity index (χ1) is 16.5. The number of thioether (sulfide) groups is 1. The number of anilines is 1. The van der Waals surface area contributed by atoms with Gasteiger partial charge in [-0.25, -0.2) is 9.97 Å². The Balaban J connectivity index is 1.62. The molecule has 0 aliphatic rings. The van der Waals surface area contributed by atoms with E-state index in [9.17, 15) is 4.79 Å². The minimum atomic E-state index is -0.389. The fourth-order valence-electron chi connectivity index (χ4n) is 3.39. The first-order valence-corrected chi connectivity index (χ1v) is 11.6. The topological polar surface area (TPSA) is 89.1 Å². The van der Waals surface area contributed by atoms with Crippen LogP contribution in [0.5, 0.6) is 11.5 Å². The number of aryl methyl sites for hydroxylation is 1. The van der Waals surface area contributed by atoms with E-state index in [-0.39, 0.29) is 11.2 Å². The molecule has 174 valence electrons. The van der Waals surface area contributed by atoms with Gasteiger partial charge in [0.2, 0.25) is 5.91 Å². The number of hydrogen-bond donors (Lipinski definition) is 2. The SMILES string of the molecule is COc1ccc(-c2nc(SC(C)C(=O)Nc3ncccc3C)[nH]c2-c2ccc(OC)cc2)cc1. The molecule has 4 rings (SSSR count). The number of rotatable bonds is 8. The summed E-state index contributed by atoms with van der Waals surface area (Å²) in [5.74, 6) is 1.98. The summed E-state index contributed by atoms with van der Waals surface area (Å²) in [6.45, 7) is 3.76. The Labute approximate surface area is 203 Å². The van der Waals surface area contributed by atoms with E-state index in [2.05, 4.69) is 15.3 Å². The van der Waals surface area contributed by atoms with Crippen molar-refractivity contribution in [2.45, 2.75) is 24.3 Å². The Hall–Kier alpha value is -3.78. The van der Waals surface area contributed by atoms with Crippen LogP contribution >= 0.6 is 11.8 Å².